The van der Waals surface area contributed by atoms with E-state index in [0.717, 1.165) is 0 Å². The quantitative estimate of drug-likeness (QED) is 0.833. The van der Waals surface area contributed by atoms with E-state index in [1.807, 2.05) is 0 Å². The third-order valence-corrected chi connectivity index (χ3v) is 3.21. The largest absolute Gasteiger partial charge is 0.450 e. The van der Waals surface area contributed by atoms with Gasteiger partial charge in [-0.1, -0.05) is 0 Å². The van der Waals surface area contributed by atoms with Crippen LogP contribution in [0.3, 0.4) is 0 Å². The Bertz CT molecular complexity index is 551. The molecule has 8 nitrogen and oxygen atoms in total. The number of ether oxygens (including phenoxy) is 1. The van der Waals surface area contributed by atoms with Gasteiger partial charge in [-0.05, 0) is 19.4 Å². The van der Waals surface area contributed by atoms with E-state index < -0.39 is 0 Å². The van der Waals surface area contributed by atoms with Gasteiger partial charge in [-0.2, -0.15) is 5.10 Å². The van der Waals surface area contributed by atoms with Crippen molar-refractivity contribution in [2.75, 3.05) is 32.8 Å². The zero-order chi connectivity index (χ0) is 15.2. The summed E-state index contributed by atoms with van der Waals surface area (Å²) in [6.45, 7) is 4.02. The Hall–Kier alpha value is -2.38. The molecule has 1 fully saturated rings. The van der Waals surface area contributed by atoms with Crippen LogP contribution in [0.15, 0.2) is 16.9 Å². The molecule has 0 aliphatic carbocycles. The molecule has 8 heteroatoms. The standard InChI is InChI=1S/C13H18N4O4/c1-2-21-13(20)17-7-3-6-16(8-9-17)12(19)10-4-5-11(18)15-14-10/h4-5H,2-3,6-9H2,1H3,(H,15,18). The molecule has 0 saturated carbocycles. The van der Waals surface area contributed by atoms with E-state index >= 15 is 0 Å². The molecule has 2 amide bonds. The number of nitrogens with one attached hydrogen (secondary N) is 1. The highest BCUT2D eigenvalue weighted by Gasteiger charge is 2.24. The monoisotopic (exact) mass is 294 g/mol. The highest BCUT2D eigenvalue weighted by molar-refractivity contribution is 5.92. The number of amides is 2. The summed E-state index contributed by atoms with van der Waals surface area (Å²) >= 11 is 0. The zero-order valence-electron chi connectivity index (χ0n) is 11.9. The van der Waals surface area contributed by atoms with Crippen molar-refractivity contribution in [3.8, 4) is 0 Å². The van der Waals surface area contributed by atoms with Crippen LogP contribution < -0.4 is 5.56 Å². The first-order valence-electron chi connectivity index (χ1n) is 6.88. The smallest absolute Gasteiger partial charge is 0.409 e. The van der Waals surface area contributed by atoms with Crippen molar-refractivity contribution in [3.05, 3.63) is 28.2 Å². The topological polar surface area (TPSA) is 95.6 Å². The van der Waals surface area contributed by atoms with Crippen molar-refractivity contribution < 1.29 is 14.3 Å². The van der Waals surface area contributed by atoms with Crippen LogP contribution in [0.2, 0.25) is 0 Å². The maximum absolute atomic E-state index is 12.3. The molecule has 2 rings (SSSR count). The van der Waals surface area contributed by atoms with Crippen LogP contribution in [0.1, 0.15) is 23.8 Å². The zero-order valence-corrected chi connectivity index (χ0v) is 11.9. The third kappa shape index (κ3) is 3.80. The lowest BCUT2D eigenvalue weighted by molar-refractivity contribution is 0.0746. The van der Waals surface area contributed by atoms with E-state index in [-0.39, 0.29) is 23.3 Å². The Labute approximate surface area is 121 Å². The molecule has 1 saturated heterocycles. The molecule has 1 N–H and O–H groups in total. The van der Waals surface area contributed by atoms with Crippen molar-refractivity contribution in [2.24, 2.45) is 0 Å². The predicted octanol–water partition coefficient (Wildman–Crippen LogP) is 0.0743. The molecule has 1 aromatic rings. The number of rotatable bonds is 2. The summed E-state index contributed by atoms with van der Waals surface area (Å²) in [6.07, 6.45) is 0.322. The normalized spacial score (nSPS) is 15.5. The van der Waals surface area contributed by atoms with Gasteiger partial charge >= 0.3 is 6.09 Å². The summed E-state index contributed by atoms with van der Waals surface area (Å²) in [5, 5.41) is 5.98. The van der Waals surface area contributed by atoms with Gasteiger partial charge in [-0.3, -0.25) is 9.59 Å². The number of hydrogen-bond donors (Lipinski definition) is 1. The van der Waals surface area contributed by atoms with Crippen LogP contribution in [0.25, 0.3) is 0 Å². The van der Waals surface area contributed by atoms with Crippen LogP contribution >= 0.6 is 0 Å². The first-order valence-corrected chi connectivity index (χ1v) is 6.88. The molecule has 0 spiro atoms. The Morgan fingerprint density at radius 1 is 1.24 bits per heavy atom. The summed E-state index contributed by atoms with van der Waals surface area (Å²) in [4.78, 5) is 38.1. The maximum Gasteiger partial charge on any atom is 0.409 e. The van der Waals surface area contributed by atoms with Gasteiger partial charge < -0.3 is 14.5 Å². The number of carbonyl (C=O) groups excluding carboxylic acids is 2. The summed E-state index contributed by atoms with van der Waals surface area (Å²) in [5.41, 5.74) is -0.157. The van der Waals surface area contributed by atoms with Crippen molar-refractivity contribution in [1.29, 1.82) is 0 Å². The molecular formula is C13H18N4O4. The van der Waals surface area contributed by atoms with Gasteiger partial charge in [-0.25, -0.2) is 9.89 Å². The fraction of sp³-hybridized carbons (Fsp3) is 0.538. The highest BCUT2D eigenvalue weighted by Crippen LogP contribution is 2.08. The molecule has 21 heavy (non-hydrogen) atoms. The summed E-state index contributed by atoms with van der Waals surface area (Å²) < 4.78 is 4.96. The van der Waals surface area contributed by atoms with Gasteiger partial charge in [0.1, 0.15) is 5.69 Å². The molecular weight excluding hydrogens is 276 g/mol. The number of aromatic nitrogens is 2. The van der Waals surface area contributed by atoms with E-state index in [1.54, 1.807) is 16.7 Å². The average molecular weight is 294 g/mol. The SMILES string of the molecule is CCOC(=O)N1CCCN(C(=O)c2ccc(=O)[nH]n2)CC1. The Kier molecular flexibility index (Phi) is 4.91. The van der Waals surface area contributed by atoms with Crippen LogP contribution in [-0.2, 0) is 4.74 Å². The van der Waals surface area contributed by atoms with E-state index in [1.165, 1.54) is 12.1 Å². The Morgan fingerprint density at radius 3 is 2.62 bits per heavy atom. The number of aromatic amines is 1. The highest BCUT2D eigenvalue weighted by atomic mass is 16.6. The molecule has 0 unspecified atom stereocenters. The van der Waals surface area contributed by atoms with Gasteiger partial charge in [0, 0.05) is 32.2 Å². The lowest BCUT2D eigenvalue weighted by Crippen LogP contribution is -2.38. The van der Waals surface area contributed by atoms with Crippen LogP contribution in [0.5, 0.6) is 0 Å². The second kappa shape index (κ2) is 6.87. The fourth-order valence-electron chi connectivity index (χ4n) is 2.14. The lowest BCUT2D eigenvalue weighted by Gasteiger charge is -2.21. The molecule has 114 valence electrons. The average Bonchev–Trinajstić information content (AvgIpc) is 2.73. The molecule has 1 aliphatic heterocycles. The minimum absolute atomic E-state index is 0.194. The third-order valence-electron chi connectivity index (χ3n) is 3.21. The Morgan fingerprint density at radius 2 is 1.95 bits per heavy atom. The van der Waals surface area contributed by atoms with Gasteiger partial charge in [0.15, 0.2) is 0 Å². The van der Waals surface area contributed by atoms with E-state index in [4.69, 9.17) is 4.74 Å². The number of H-pyrrole nitrogens is 1. The molecule has 1 aliphatic rings. The summed E-state index contributed by atoms with van der Waals surface area (Å²) in [5.74, 6) is -0.253. The van der Waals surface area contributed by atoms with E-state index in [0.29, 0.717) is 39.2 Å². The molecule has 0 atom stereocenters. The second-order valence-electron chi connectivity index (χ2n) is 4.64. The molecule has 0 aromatic carbocycles. The van der Waals surface area contributed by atoms with Gasteiger partial charge in [-0.15, -0.1) is 0 Å². The Balaban J connectivity index is 1.99. The first-order chi connectivity index (χ1) is 10.1. The molecule has 1 aromatic heterocycles. The maximum atomic E-state index is 12.3. The van der Waals surface area contributed by atoms with Crippen LogP contribution in [0.4, 0.5) is 4.79 Å². The number of nitrogens with zero attached hydrogens (tertiary/aromatic N) is 3. The summed E-state index contributed by atoms with van der Waals surface area (Å²) in [7, 11) is 0. The van der Waals surface area contributed by atoms with E-state index in [2.05, 4.69) is 10.2 Å². The second-order valence-corrected chi connectivity index (χ2v) is 4.64. The van der Waals surface area contributed by atoms with Crippen molar-refractivity contribution >= 4 is 12.0 Å². The van der Waals surface area contributed by atoms with Gasteiger partial charge in [0.05, 0.1) is 6.61 Å². The minimum atomic E-state index is -0.353. The van der Waals surface area contributed by atoms with Crippen LogP contribution in [0, 0.1) is 0 Å². The number of carbonyl (C=O) groups is 2. The van der Waals surface area contributed by atoms with Gasteiger partial charge in [0.2, 0.25) is 0 Å². The van der Waals surface area contributed by atoms with Gasteiger partial charge in [0.25, 0.3) is 11.5 Å². The lowest BCUT2D eigenvalue weighted by atomic mass is 10.3. The van der Waals surface area contributed by atoms with E-state index in [9.17, 15) is 14.4 Å². The molecule has 2 heterocycles. The van der Waals surface area contributed by atoms with Crippen molar-refractivity contribution in [3.63, 3.8) is 0 Å². The minimum Gasteiger partial charge on any atom is -0.450 e. The van der Waals surface area contributed by atoms with Crippen molar-refractivity contribution in [1.82, 2.24) is 20.0 Å². The molecule has 0 radical (unpaired) electrons. The predicted molar refractivity (Wildman–Crippen MR) is 74.0 cm³/mol. The van der Waals surface area contributed by atoms with Crippen LogP contribution in [-0.4, -0.2) is 64.8 Å². The first kappa shape index (κ1) is 15.0. The number of hydrogen-bond acceptors (Lipinski definition) is 5. The molecule has 0 bridgehead atoms. The fourth-order valence-corrected chi connectivity index (χ4v) is 2.14. The van der Waals surface area contributed by atoms with Crippen molar-refractivity contribution in [2.45, 2.75) is 13.3 Å². The summed E-state index contributed by atoms with van der Waals surface area (Å²) in [6, 6.07) is 2.66.